The maximum absolute atomic E-state index is 13.2. The molecular weight excluding hydrogens is 470 g/mol. The molecule has 0 aliphatic carbocycles. The number of thiophene rings is 1. The summed E-state index contributed by atoms with van der Waals surface area (Å²) in [6, 6.07) is 12.6. The highest BCUT2D eigenvalue weighted by Crippen LogP contribution is 2.23. The Labute approximate surface area is 193 Å². The fourth-order valence-electron chi connectivity index (χ4n) is 4.17. The van der Waals surface area contributed by atoms with Crippen LogP contribution in [0.1, 0.15) is 12.0 Å². The number of amides is 1. The summed E-state index contributed by atoms with van der Waals surface area (Å²) in [7, 11) is -6.61. The van der Waals surface area contributed by atoms with Crippen LogP contribution in [0.15, 0.2) is 52.1 Å². The summed E-state index contributed by atoms with van der Waals surface area (Å²) in [4.78, 5) is 16.9. The molecule has 2 aliphatic rings. The third kappa shape index (κ3) is 5.40. The Balaban J connectivity index is 1.40. The van der Waals surface area contributed by atoms with Crippen LogP contribution in [0.2, 0.25) is 0 Å². The van der Waals surface area contributed by atoms with E-state index in [-0.39, 0.29) is 30.0 Å². The van der Waals surface area contributed by atoms with Gasteiger partial charge in [0.2, 0.25) is 5.91 Å². The van der Waals surface area contributed by atoms with Crippen molar-refractivity contribution in [3.8, 4) is 0 Å². The second kappa shape index (κ2) is 9.60. The number of carbonyl (C=O) groups is 1. The summed E-state index contributed by atoms with van der Waals surface area (Å²) in [5.41, 5.74) is 0.956. The second-order valence-corrected chi connectivity index (χ2v) is 13.5. The Morgan fingerprint density at radius 3 is 2.38 bits per heavy atom. The predicted octanol–water partition coefficient (Wildman–Crippen LogP) is 1.27. The van der Waals surface area contributed by atoms with E-state index < -0.39 is 19.9 Å². The Hall–Kier alpha value is -1.79. The van der Waals surface area contributed by atoms with Crippen LogP contribution in [0.3, 0.4) is 0 Å². The smallest absolute Gasteiger partial charge is 0.252 e. The third-order valence-electron chi connectivity index (χ3n) is 5.94. The highest BCUT2D eigenvalue weighted by Gasteiger charge is 2.36. The quantitative estimate of drug-likeness (QED) is 0.572. The number of benzene rings is 1. The highest BCUT2D eigenvalue weighted by atomic mass is 32.2. The van der Waals surface area contributed by atoms with Gasteiger partial charge in [0.15, 0.2) is 9.84 Å². The van der Waals surface area contributed by atoms with Gasteiger partial charge >= 0.3 is 0 Å². The Kier molecular flexibility index (Phi) is 7.01. The second-order valence-electron chi connectivity index (χ2n) is 8.18. The fourth-order valence-corrected chi connectivity index (χ4v) is 8.47. The van der Waals surface area contributed by atoms with E-state index in [1.165, 1.54) is 15.6 Å². The summed E-state index contributed by atoms with van der Waals surface area (Å²) >= 11 is 1.20. The van der Waals surface area contributed by atoms with Crippen molar-refractivity contribution < 1.29 is 21.6 Å². The van der Waals surface area contributed by atoms with Crippen LogP contribution in [-0.4, -0.2) is 87.1 Å². The van der Waals surface area contributed by atoms with Gasteiger partial charge in [0.1, 0.15) is 4.21 Å². The SMILES string of the molecule is O=C(CN1CCN(S(=O)(=O)c2cccs2)CC1)N(Cc1ccccc1)[C@@H]1CCS(=O)(=O)C1. The molecule has 2 aliphatic heterocycles. The molecule has 11 heteroatoms. The molecule has 0 radical (unpaired) electrons. The first-order valence-electron chi connectivity index (χ1n) is 10.5. The molecule has 1 amide bonds. The van der Waals surface area contributed by atoms with Gasteiger partial charge in [-0.2, -0.15) is 4.31 Å². The van der Waals surface area contributed by atoms with E-state index in [0.717, 1.165) is 5.56 Å². The summed E-state index contributed by atoms with van der Waals surface area (Å²) < 4.78 is 51.3. The van der Waals surface area contributed by atoms with Crippen LogP contribution in [-0.2, 0) is 31.2 Å². The molecule has 4 rings (SSSR count). The van der Waals surface area contributed by atoms with Gasteiger partial charge in [-0.3, -0.25) is 9.69 Å². The molecule has 0 unspecified atom stereocenters. The number of piperazine rings is 1. The van der Waals surface area contributed by atoms with Gasteiger partial charge in [-0.05, 0) is 23.4 Å². The van der Waals surface area contributed by atoms with Crippen LogP contribution in [0.25, 0.3) is 0 Å². The third-order valence-corrected chi connectivity index (χ3v) is 11.0. The highest BCUT2D eigenvalue weighted by molar-refractivity contribution is 7.91. The van der Waals surface area contributed by atoms with Crippen molar-refractivity contribution in [1.82, 2.24) is 14.1 Å². The number of sulfone groups is 1. The summed E-state index contributed by atoms with van der Waals surface area (Å²) in [5, 5.41) is 1.74. The standard InChI is InChI=1S/C21H27N3O5S3/c25-20(16-22-9-11-23(12-10-22)32(28,29)21-7-4-13-30-21)24(15-18-5-2-1-3-6-18)19-8-14-31(26,27)17-19/h1-7,13,19H,8-12,14-17H2/t19-/m1/s1. The first-order valence-corrected chi connectivity index (χ1v) is 14.7. The van der Waals surface area contributed by atoms with E-state index in [4.69, 9.17) is 0 Å². The number of rotatable bonds is 7. The number of sulfonamides is 1. The molecule has 0 bridgehead atoms. The molecule has 32 heavy (non-hydrogen) atoms. The van der Waals surface area contributed by atoms with Crippen molar-refractivity contribution in [1.29, 1.82) is 0 Å². The van der Waals surface area contributed by atoms with Gasteiger partial charge in [-0.25, -0.2) is 16.8 Å². The Morgan fingerprint density at radius 1 is 1.06 bits per heavy atom. The van der Waals surface area contributed by atoms with E-state index in [9.17, 15) is 21.6 Å². The van der Waals surface area contributed by atoms with E-state index in [2.05, 4.69) is 0 Å². The minimum Gasteiger partial charge on any atom is -0.333 e. The molecule has 1 atom stereocenters. The molecule has 2 aromatic rings. The summed E-state index contributed by atoms with van der Waals surface area (Å²) in [5.74, 6) is -0.0148. The first-order chi connectivity index (χ1) is 15.2. The summed E-state index contributed by atoms with van der Waals surface area (Å²) in [6.45, 7) is 2.08. The number of carbonyl (C=O) groups excluding carboxylic acids is 1. The molecule has 0 saturated carbocycles. The largest absolute Gasteiger partial charge is 0.333 e. The van der Waals surface area contributed by atoms with Gasteiger partial charge in [0.05, 0.1) is 18.1 Å². The average Bonchev–Trinajstić information content (AvgIpc) is 3.43. The zero-order chi connectivity index (χ0) is 22.8. The lowest BCUT2D eigenvalue weighted by Crippen LogP contribution is -2.52. The number of hydrogen-bond donors (Lipinski definition) is 0. The number of nitrogens with zero attached hydrogens (tertiary/aromatic N) is 3. The predicted molar refractivity (Wildman–Crippen MR) is 124 cm³/mol. The molecule has 1 aromatic heterocycles. The average molecular weight is 498 g/mol. The normalized spacial score (nSPS) is 22.1. The van der Waals surface area contributed by atoms with Gasteiger partial charge in [0, 0.05) is 38.8 Å². The lowest BCUT2D eigenvalue weighted by Gasteiger charge is -2.35. The van der Waals surface area contributed by atoms with Crippen LogP contribution < -0.4 is 0 Å². The van der Waals surface area contributed by atoms with Crippen LogP contribution in [0, 0.1) is 0 Å². The zero-order valence-electron chi connectivity index (χ0n) is 17.7. The molecule has 1 aromatic carbocycles. The maximum atomic E-state index is 13.2. The van der Waals surface area contributed by atoms with E-state index in [1.807, 2.05) is 35.2 Å². The molecule has 3 heterocycles. The first kappa shape index (κ1) is 23.4. The topological polar surface area (TPSA) is 95.1 Å². The molecule has 0 N–H and O–H groups in total. The molecule has 0 spiro atoms. The molecule has 2 fully saturated rings. The van der Waals surface area contributed by atoms with Crippen LogP contribution in [0.4, 0.5) is 0 Å². The van der Waals surface area contributed by atoms with Crippen molar-refractivity contribution in [3.05, 3.63) is 53.4 Å². The molecule has 174 valence electrons. The minimum absolute atomic E-state index is 0.00158. The minimum atomic E-state index is -3.49. The van der Waals surface area contributed by atoms with Crippen molar-refractivity contribution in [2.24, 2.45) is 0 Å². The lowest BCUT2D eigenvalue weighted by atomic mass is 10.1. The van der Waals surface area contributed by atoms with Crippen molar-refractivity contribution in [3.63, 3.8) is 0 Å². The molecular formula is C21H27N3O5S3. The van der Waals surface area contributed by atoms with Gasteiger partial charge in [-0.15, -0.1) is 11.3 Å². The maximum Gasteiger partial charge on any atom is 0.252 e. The van der Waals surface area contributed by atoms with Crippen molar-refractivity contribution in [2.45, 2.75) is 23.2 Å². The van der Waals surface area contributed by atoms with Crippen molar-refractivity contribution in [2.75, 3.05) is 44.2 Å². The lowest BCUT2D eigenvalue weighted by molar-refractivity contribution is -0.135. The monoisotopic (exact) mass is 497 g/mol. The van der Waals surface area contributed by atoms with Gasteiger partial charge in [-0.1, -0.05) is 36.4 Å². The zero-order valence-corrected chi connectivity index (χ0v) is 20.1. The van der Waals surface area contributed by atoms with Crippen LogP contribution in [0.5, 0.6) is 0 Å². The summed E-state index contributed by atoms with van der Waals surface area (Å²) in [6.07, 6.45) is 0.452. The number of hydrogen-bond acceptors (Lipinski definition) is 7. The van der Waals surface area contributed by atoms with E-state index >= 15 is 0 Å². The molecule has 2 saturated heterocycles. The van der Waals surface area contributed by atoms with Gasteiger partial charge in [0.25, 0.3) is 10.0 Å². The van der Waals surface area contributed by atoms with E-state index in [1.54, 1.807) is 22.4 Å². The van der Waals surface area contributed by atoms with E-state index in [0.29, 0.717) is 43.4 Å². The van der Waals surface area contributed by atoms with Gasteiger partial charge < -0.3 is 4.90 Å². The fraction of sp³-hybridized carbons (Fsp3) is 0.476. The Morgan fingerprint density at radius 2 is 1.78 bits per heavy atom. The Bertz CT molecular complexity index is 1130. The van der Waals surface area contributed by atoms with Crippen molar-refractivity contribution >= 4 is 37.1 Å². The van der Waals surface area contributed by atoms with Crippen LogP contribution >= 0.6 is 11.3 Å². The molecule has 8 nitrogen and oxygen atoms in total.